The van der Waals surface area contributed by atoms with Crippen molar-refractivity contribution in [1.82, 2.24) is 0 Å². The Morgan fingerprint density at radius 1 is 1.16 bits per heavy atom. The lowest BCUT2D eigenvalue weighted by atomic mass is 9.87. The van der Waals surface area contributed by atoms with Gasteiger partial charge in [-0.15, -0.1) is 0 Å². The van der Waals surface area contributed by atoms with Gasteiger partial charge in [-0.05, 0) is 24.5 Å². The zero-order valence-electron chi connectivity index (χ0n) is 11.1. The van der Waals surface area contributed by atoms with Gasteiger partial charge in [0.1, 0.15) is 0 Å². The highest BCUT2D eigenvalue weighted by Crippen LogP contribution is 2.32. The molecule has 1 aliphatic rings. The van der Waals surface area contributed by atoms with Crippen LogP contribution < -0.4 is 5.32 Å². The van der Waals surface area contributed by atoms with Crippen molar-refractivity contribution in [2.45, 2.75) is 49.2 Å². The number of nitrogens with one attached hydrogen (secondary N) is 1. The first-order valence-electron chi connectivity index (χ1n) is 7.03. The van der Waals surface area contributed by atoms with Gasteiger partial charge in [0.05, 0.1) is 0 Å². The average Bonchev–Trinajstić information content (AvgIpc) is 2.41. The van der Waals surface area contributed by atoms with Crippen molar-refractivity contribution in [3.63, 3.8) is 0 Å². The second-order valence-corrected chi connectivity index (χ2v) is 6.13. The molecule has 106 valence electrons. The molecule has 1 saturated carbocycles. The average molecular weight is 285 g/mol. The second-order valence-electron chi connectivity index (χ2n) is 5.09. The number of anilines is 1. The highest BCUT2D eigenvalue weighted by molar-refractivity contribution is 7.99. The third-order valence-corrected chi connectivity index (χ3v) is 4.48. The number of halogens is 2. The van der Waals surface area contributed by atoms with Crippen LogP contribution in [0.4, 0.5) is 14.5 Å². The lowest BCUT2D eigenvalue weighted by Crippen LogP contribution is -2.12. The third-order valence-electron chi connectivity index (χ3n) is 3.70. The highest BCUT2D eigenvalue weighted by Gasteiger charge is 2.13. The lowest BCUT2D eigenvalue weighted by molar-refractivity contribution is 0.252. The fourth-order valence-corrected chi connectivity index (χ4v) is 3.31. The van der Waals surface area contributed by atoms with Crippen LogP contribution in [0.5, 0.6) is 0 Å². The summed E-state index contributed by atoms with van der Waals surface area (Å²) in [5.41, 5.74) is 0.837. The van der Waals surface area contributed by atoms with Crippen molar-refractivity contribution >= 4 is 17.4 Å². The Morgan fingerprint density at radius 3 is 2.63 bits per heavy atom. The van der Waals surface area contributed by atoms with E-state index >= 15 is 0 Å². The molecule has 0 bridgehead atoms. The maximum Gasteiger partial charge on any atom is 0.288 e. The van der Waals surface area contributed by atoms with Crippen molar-refractivity contribution in [2.24, 2.45) is 5.92 Å². The molecule has 0 saturated heterocycles. The molecule has 1 aromatic carbocycles. The molecule has 0 amide bonds. The summed E-state index contributed by atoms with van der Waals surface area (Å²) in [6, 6.07) is 7.32. The van der Waals surface area contributed by atoms with Crippen LogP contribution in [0, 0.1) is 5.92 Å². The SMILES string of the molecule is FC(F)Sc1ccccc1NCCC1CCCCC1. The van der Waals surface area contributed by atoms with Crippen molar-refractivity contribution in [3.8, 4) is 0 Å². The molecule has 0 unspecified atom stereocenters. The molecule has 0 radical (unpaired) electrons. The predicted octanol–water partition coefficient (Wildman–Crippen LogP) is 5.38. The summed E-state index contributed by atoms with van der Waals surface area (Å²) >= 11 is 0.615. The minimum atomic E-state index is -2.36. The molecule has 0 aliphatic heterocycles. The van der Waals surface area contributed by atoms with E-state index in [1.807, 2.05) is 12.1 Å². The van der Waals surface area contributed by atoms with E-state index in [1.165, 1.54) is 32.1 Å². The van der Waals surface area contributed by atoms with E-state index in [0.29, 0.717) is 16.7 Å². The summed E-state index contributed by atoms with van der Waals surface area (Å²) in [6.07, 6.45) is 7.88. The standard InChI is InChI=1S/C15H21F2NS/c16-15(17)19-14-9-5-4-8-13(14)18-11-10-12-6-2-1-3-7-12/h4-5,8-9,12,15,18H,1-3,6-7,10-11H2. The van der Waals surface area contributed by atoms with Crippen LogP contribution in [-0.4, -0.2) is 12.3 Å². The van der Waals surface area contributed by atoms with E-state index in [1.54, 1.807) is 12.1 Å². The van der Waals surface area contributed by atoms with Gasteiger partial charge in [-0.25, -0.2) is 0 Å². The normalized spacial score (nSPS) is 16.8. The van der Waals surface area contributed by atoms with Crippen LogP contribution in [-0.2, 0) is 0 Å². The molecule has 0 aromatic heterocycles. The quantitative estimate of drug-likeness (QED) is 0.704. The Balaban J connectivity index is 1.81. The van der Waals surface area contributed by atoms with E-state index in [9.17, 15) is 8.78 Å². The molecular weight excluding hydrogens is 264 g/mol. The summed E-state index contributed by atoms with van der Waals surface area (Å²) in [5.74, 6) is -1.54. The number of para-hydroxylation sites is 1. The molecule has 0 heterocycles. The number of rotatable bonds is 6. The van der Waals surface area contributed by atoms with Crippen LogP contribution in [0.3, 0.4) is 0 Å². The lowest BCUT2D eigenvalue weighted by Gasteiger charge is -2.22. The molecule has 1 nitrogen and oxygen atoms in total. The van der Waals surface area contributed by atoms with Crippen LogP contribution >= 0.6 is 11.8 Å². The summed E-state index contributed by atoms with van der Waals surface area (Å²) in [6.45, 7) is 0.880. The molecule has 1 aromatic rings. The van der Waals surface area contributed by atoms with Crippen LogP contribution in [0.1, 0.15) is 38.5 Å². The number of hydrogen-bond donors (Lipinski definition) is 1. The minimum Gasteiger partial charge on any atom is -0.384 e. The van der Waals surface area contributed by atoms with Crippen LogP contribution in [0.15, 0.2) is 29.2 Å². The summed E-state index contributed by atoms with van der Waals surface area (Å²) in [4.78, 5) is 0.640. The summed E-state index contributed by atoms with van der Waals surface area (Å²) in [7, 11) is 0. The van der Waals surface area contributed by atoms with E-state index in [-0.39, 0.29) is 0 Å². The maximum absolute atomic E-state index is 12.4. The van der Waals surface area contributed by atoms with Crippen molar-refractivity contribution < 1.29 is 8.78 Å². The van der Waals surface area contributed by atoms with Crippen molar-refractivity contribution in [3.05, 3.63) is 24.3 Å². The Hall–Kier alpha value is -0.770. The van der Waals surface area contributed by atoms with Gasteiger partial charge in [0.25, 0.3) is 5.76 Å². The van der Waals surface area contributed by atoms with Crippen molar-refractivity contribution in [1.29, 1.82) is 0 Å². The highest BCUT2D eigenvalue weighted by atomic mass is 32.2. The van der Waals surface area contributed by atoms with Gasteiger partial charge < -0.3 is 5.32 Å². The Bertz CT molecular complexity index is 378. The molecule has 1 N–H and O–H groups in total. The number of alkyl halides is 2. The number of hydrogen-bond acceptors (Lipinski definition) is 2. The Kier molecular flexibility index (Phi) is 5.95. The van der Waals surface area contributed by atoms with Crippen molar-refractivity contribution in [2.75, 3.05) is 11.9 Å². The monoisotopic (exact) mass is 285 g/mol. The zero-order chi connectivity index (χ0) is 13.5. The Morgan fingerprint density at radius 2 is 1.89 bits per heavy atom. The smallest absolute Gasteiger partial charge is 0.288 e. The van der Waals surface area contributed by atoms with E-state index in [4.69, 9.17) is 0 Å². The van der Waals surface area contributed by atoms with Gasteiger partial charge in [0, 0.05) is 17.1 Å². The first-order valence-corrected chi connectivity index (χ1v) is 7.91. The topological polar surface area (TPSA) is 12.0 Å². The predicted molar refractivity (Wildman–Crippen MR) is 78.0 cm³/mol. The third kappa shape index (κ3) is 5.01. The van der Waals surface area contributed by atoms with E-state index in [0.717, 1.165) is 24.6 Å². The molecule has 0 spiro atoms. The van der Waals surface area contributed by atoms with Crippen LogP contribution in [0.2, 0.25) is 0 Å². The first kappa shape index (κ1) is 14.6. The Labute approximate surface area is 118 Å². The fourth-order valence-electron chi connectivity index (χ4n) is 2.70. The fraction of sp³-hybridized carbons (Fsp3) is 0.600. The summed E-state index contributed by atoms with van der Waals surface area (Å²) < 4.78 is 24.9. The molecule has 2 rings (SSSR count). The number of thioether (sulfide) groups is 1. The molecule has 1 fully saturated rings. The zero-order valence-corrected chi connectivity index (χ0v) is 11.9. The maximum atomic E-state index is 12.4. The molecule has 4 heteroatoms. The molecule has 1 aliphatic carbocycles. The van der Waals surface area contributed by atoms with Gasteiger partial charge >= 0.3 is 0 Å². The van der Waals surface area contributed by atoms with Gasteiger partial charge in [0.15, 0.2) is 0 Å². The van der Waals surface area contributed by atoms with Gasteiger partial charge in [-0.2, -0.15) is 8.78 Å². The second kappa shape index (κ2) is 7.73. The van der Waals surface area contributed by atoms with Gasteiger partial charge in [-0.1, -0.05) is 56.0 Å². The molecule has 19 heavy (non-hydrogen) atoms. The first-order chi connectivity index (χ1) is 9.25. The van der Waals surface area contributed by atoms with E-state index < -0.39 is 5.76 Å². The van der Waals surface area contributed by atoms with Gasteiger partial charge in [0.2, 0.25) is 0 Å². The van der Waals surface area contributed by atoms with E-state index in [2.05, 4.69) is 5.32 Å². The summed E-state index contributed by atoms with van der Waals surface area (Å²) in [5, 5.41) is 3.31. The minimum absolute atomic E-state index is 0.615. The number of benzene rings is 1. The molecular formula is C15H21F2NS. The van der Waals surface area contributed by atoms with Gasteiger partial charge in [-0.3, -0.25) is 0 Å². The van der Waals surface area contributed by atoms with Crippen LogP contribution in [0.25, 0.3) is 0 Å². The molecule has 0 atom stereocenters. The largest absolute Gasteiger partial charge is 0.384 e.